The summed E-state index contributed by atoms with van der Waals surface area (Å²) in [5, 5.41) is 9.19. The van der Waals surface area contributed by atoms with Gasteiger partial charge in [-0.15, -0.1) is 0 Å². The molecule has 0 radical (unpaired) electrons. The van der Waals surface area contributed by atoms with Crippen molar-refractivity contribution in [2.24, 2.45) is 0 Å². The zero-order chi connectivity index (χ0) is 31.6. The van der Waals surface area contributed by atoms with Crippen LogP contribution in [0.3, 0.4) is 0 Å². The summed E-state index contributed by atoms with van der Waals surface area (Å²) < 4.78 is 22.4. The monoisotopic (exact) mass is 603 g/mol. The molecule has 2 amide bonds. The van der Waals surface area contributed by atoms with Crippen LogP contribution >= 0.6 is 0 Å². The van der Waals surface area contributed by atoms with E-state index in [2.05, 4.69) is 16.0 Å². The first-order chi connectivity index (χ1) is 21.3. The number of hydrogen-bond acceptors (Lipinski definition) is 8. The largest absolute Gasteiger partial charge is 0.495 e. The van der Waals surface area contributed by atoms with Crippen molar-refractivity contribution >= 4 is 23.2 Å². The van der Waals surface area contributed by atoms with Crippen molar-refractivity contribution in [3.63, 3.8) is 0 Å². The number of carbonyl (C=O) groups is 2. The lowest BCUT2D eigenvalue weighted by Crippen LogP contribution is -2.26. The van der Waals surface area contributed by atoms with E-state index in [1.165, 1.54) is 6.92 Å². The lowest BCUT2D eigenvalue weighted by molar-refractivity contribution is -0.119. The maximum Gasteiger partial charge on any atom is 0.224 e. The van der Waals surface area contributed by atoms with Crippen LogP contribution in [0.2, 0.25) is 0 Å². The molecule has 0 spiro atoms. The first kappa shape index (κ1) is 32.2. The highest BCUT2D eigenvalue weighted by atomic mass is 16.5. The van der Waals surface area contributed by atoms with Crippen molar-refractivity contribution in [3.8, 4) is 34.1 Å². The molecule has 0 heterocycles. The molecule has 3 aromatic rings. The second kappa shape index (κ2) is 15.1. The fourth-order valence-corrected chi connectivity index (χ4v) is 5.62. The maximum absolute atomic E-state index is 13.4. The van der Waals surface area contributed by atoms with Crippen molar-refractivity contribution in [1.82, 2.24) is 5.32 Å². The number of benzene rings is 2. The van der Waals surface area contributed by atoms with Gasteiger partial charge in [0.15, 0.2) is 11.5 Å². The summed E-state index contributed by atoms with van der Waals surface area (Å²) in [5.74, 6) is 1.89. The van der Waals surface area contributed by atoms with E-state index in [9.17, 15) is 14.4 Å². The average Bonchev–Trinajstić information content (AvgIpc) is 3.26. The van der Waals surface area contributed by atoms with Crippen LogP contribution in [-0.2, 0) is 16.0 Å². The minimum Gasteiger partial charge on any atom is -0.495 e. The number of rotatable bonds is 13. The van der Waals surface area contributed by atoms with Crippen LogP contribution < -0.4 is 40.3 Å². The first-order valence-corrected chi connectivity index (χ1v) is 14.8. The van der Waals surface area contributed by atoms with E-state index in [-0.39, 0.29) is 23.3 Å². The molecule has 10 nitrogen and oxygen atoms in total. The molecule has 0 bridgehead atoms. The SMILES string of the molecule is COc1ccccc1NC(=O)CCCCCNc1ccc2c(cc1=O)[C@H](NC(C)=O)CCc1cc(OC)c(OC)c(OC)c1-2. The van der Waals surface area contributed by atoms with E-state index in [1.54, 1.807) is 52.7 Å². The Morgan fingerprint density at radius 2 is 1.59 bits per heavy atom. The number of nitrogens with one attached hydrogen (secondary N) is 3. The summed E-state index contributed by atoms with van der Waals surface area (Å²) >= 11 is 0. The Morgan fingerprint density at radius 1 is 0.841 bits per heavy atom. The molecule has 0 fully saturated rings. The molecule has 234 valence electrons. The predicted octanol–water partition coefficient (Wildman–Crippen LogP) is 5.48. The first-order valence-electron chi connectivity index (χ1n) is 14.8. The molecular weight excluding hydrogens is 562 g/mol. The average molecular weight is 604 g/mol. The Kier molecular flexibility index (Phi) is 11.1. The molecular formula is C34H41N3O7. The zero-order valence-electron chi connectivity index (χ0n) is 26.0. The lowest BCUT2D eigenvalue weighted by atomic mass is 9.95. The van der Waals surface area contributed by atoms with Gasteiger partial charge in [-0.05, 0) is 72.7 Å². The molecule has 0 saturated carbocycles. The number of unbranched alkanes of at least 4 members (excludes halogenated alkanes) is 2. The number of fused-ring (bicyclic) bond motifs is 3. The number of para-hydroxylation sites is 2. The number of amides is 2. The van der Waals surface area contributed by atoms with Crippen molar-refractivity contribution in [3.05, 3.63) is 69.9 Å². The highest BCUT2D eigenvalue weighted by molar-refractivity contribution is 5.92. The molecule has 10 heteroatoms. The van der Waals surface area contributed by atoms with Gasteiger partial charge in [0.2, 0.25) is 23.0 Å². The number of aryl methyl sites for hydroxylation is 1. The molecule has 1 aliphatic rings. The van der Waals surface area contributed by atoms with Gasteiger partial charge in [-0.3, -0.25) is 14.4 Å². The maximum atomic E-state index is 13.4. The third kappa shape index (κ3) is 7.42. The smallest absolute Gasteiger partial charge is 0.224 e. The van der Waals surface area contributed by atoms with Crippen LogP contribution in [0.5, 0.6) is 23.0 Å². The molecule has 1 aliphatic carbocycles. The summed E-state index contributed by atoms with van der Waals surface area (Å²) in [5.41, 5.74) is 4.19. The molecule has 0 saturated heterocycles. The molecule has 0 aromatic heterocycles. The van der Waals surface area contributed by atoms with Crippen LogP contribution in [0.4, 0.5) is 11.4 Å². The van der Waals surface area contributed by atoms with Gasteiger partial charge in [0.05, 0.1) is 45.9 Å². The molecule has 44 heavy (non-hydrogen) atoms. The number of hydrogen-bond donors (Lipinski definition) is 3. The van der Waals surface area contributed by atoms with E-state index in [4.69, 9.17) is 18.9 Å². The second-order valence-corrected chi connectivity index (χ2v) is 10.6. The van der Waals surface area contributed by atoms with Gasteiger partial charge in [-0.25, -0.2) is 0 Å². The molecule has 1 atom stereocenters. The lowest BCUT2D eigenvalue weighted by Gasteiger charge is -2.19. The third-order valence-electron chi connectivity index (χ3n) is 7.69. The van der Waals surface area contributed by atoms with Gasteiger partial charge < -0.3 is 34.9 Å². The van der Waals surface area contributed by atoms with E-state index in [0.717, 1.165) is 29.5 Å². The van der Waals surface area contributed by atoms with Crippen LogP contribution in [0.15, 0.2) is 53.3 Å². The van der Waals surface area contributed by atoms with Crippen molar-refractivity contribution in [1.29, 1.82) is 0 Å². The predicted molar refractivity (Wildman–Crippen MR) is 171 cm³/mol. The normalized spacial score (nSPS) is 13.4. The van der Waals surface area contributed by atoms with Gasteiger partial charge in [0.25, 0.3) is 0 Å². The van der Waals surface area contributed by atoms with Crippen LogP contribution in [0, 0.1) is 0 Å². The van der Waals surface area contributed by atoms with Crippen LogP contribution in [0.25, 0.3) is 11.1 Å². The summed E-state index contributed by atoms with van der Waals surface area (Å²) in [6.07, 6.45) is 3.91. The Labute approximate surface area is 258 Å². The summed E-state index contributed by atoms with van der Waals surface area (Å²) in [6, 6.07) is 14.1. The third-order valence-corrected chi connectivity index (χ3v) is 7.69. The minimum absolute atomic E-state index is 0.0698. The fraction of sp³-hybridized carbons (Fsp3) is 0.382. The molecule has 0 aliphatic heterocycles. The van der Waals surface area contributed by atoms with E-state index >= 15 is 0 Å². The highest BCUT2D eigenvalue weighted by Gasteiger charge is 2.29. The van der Waals surface area contributed by atoms with E-state index in [0.29, 0.717) is 72.2 Å². The van der Waals surface area contributed by atoms with Crippen molar-refractivity contribution < 1.29 is 28.5 Å². The van der Waals surface area contributed by atoms with Gasteiger partial charge in [-0.1, -0.05) is 24.6 Å². The van der Waals surface area contributed by atoms with Crippen LogP contribution in [-0.4, -0.2) is 46.8 Å². The summed E-state index contributed by atoms with van der Waals surface area (Å²) in [4.78, 5) is 38.0. The number of methoxy groups -OCH3 is 4. The van der Waals surface area contributed by atoms with E-state index in [1.807, 2.05) is 24.3 Å². The number of anilines is 2. The van der Waals surface area contributed by atoms with E-state index < -0.39 is 0 Å². The Morgan fingerprint density at radius 3 is 2.30 bits per heavy atom. The zero-order valence-corrected chi connectivity index (χ0v) is 26.0. The summed E-state index contributed by atoms with van der Waals surface area (Å²) in [6.45, 7) is 2.04. The Bertz CT molecular complexity index is 1560. The molecule has 4 rings (SSSR count). The molecule has 3 N–H and O–H groups in total. The Hall–Kier alpha value is -4.73. The van der Waals surface area contributed by atoms with Gasteiger partial charge in [-0.2, -0.15) is 0 Å². The van der Waals surface area contributed by atoms with Crippen molar-refractivity contribution in [2.75, 3.05) is 45.6 Å². The quantitative estimate of drug-likeness (QED) is 0.219. The van der Waals surface area contributed by atoms with Gasteiger partial charge >= 0.3 is 0 Å². The second-order valence-electron chi connectivity index (χ2n) is 10.6. The highest BCUT2D eigenvalue weighted by Crippen LogP contribution is 2.50. The van der Waals surface area contributed by atoms with Crippen molar-refractivity contribution in [2.45, 2.75) is 51.5 Å². The standard InChI is InChI=1S/C34H41N3O7/c1-21(38)36-25-16-14-22-19-30(42-3)33(43-4)34(44-5)32(22)23-15-17-26(28(39)20-24(23)25)35-18-10-6-7-13-31(40)37-27-11-8-9-12-29(27)41-2/h8-9,11-12,15,17,19-20,25H,6-7,10,13-14,16,18H2,1-5H3,(H,35,39)(H,36,38)(H,37,40)/t25-/m1/s1. The molecule has 3 aromatic carbocycles. The fourth-order valence-electron chi connectivity index (χ4n) is 5.62. The summed E-state index contributed by atoms with van der Waals surface area (Å²) in [7, 11) is 6.28. The Balaban J connectivity index is 1.50. The number of carbonyl (C=O) groups excluding carboxylic acids is 2. The molecule has 0 unspecified atom stereocenters. The number of ether oxygens (including phenoxy) is 4. The minimum atomic E-state index is -0.369. The topological polar surface area (TPSA) is 124 Å². The van der Waals surface area contributed by atoms with Crippen LogP contribution in [0.1, 0.15) is 56.2 Å². The van der Waals surface area contributed by atoms with Gasteiger partial charge in [0.1, 0.15) is 5.75 Å². The van der Waals surface area contributed by atoms with Gasteiger partial charge in [0, 0.05) is 25.5 Å².